The number of aliphatic hydroxyl groups excluding tert-OH is 1. The number of thiazole rings is 1. The lowest BCUT2D eigenvalue weighted by molar-refractivity contribution is -0.137. The van der Waals surface area contributed by atoms with E-state index in [1.165, 1.54) is 34.6 Å². The van der Waals surface area contributed by atoms with Crippen LogP contribution in [0.1, 0.15) is 61.1 Å². The van der Waals surface area contributed by atoms with Gasteiger partial charge in [-0.25, -0.2) is 4.98 Å². The van der Waals surface area contributed by atoms with E-state index in [2.05, 4.69) is 15.6 Å². The van der Waals surface area contributed by atoms with Crippen LogP contribution in [0, 0.1) is 6.92 Å². The second kappa shape index (κ2) is 15.0. The van der Waals surface area contributed by atoms with Gasteiger partial charge in [-0.15, -0.1) is 11.3 Å². The highest BCUT2D eigenvalue weighted by atomic mass is 32.1. The number of furan rings is 1. The Kier molecular flexibility index (Phi) is 10.8. The zero-order valence-corrected chi connectivity index (χ0v) is 27.3. The summed E-state index contributed by atoms with van der Waals surface area (Å²) in [5, 5.41) is 20.2. The largest absolute Gasteiger partial charge is 0.464 e. The number of rotatable bonds is 12. The van der Waals surface area contributed by atoms with E-state index in [4.69, 9.17) is 4.42 Å². The second-order valence-corrected chi connectivity index (χ2v) is 12.5. The van der Waals surface area contributed by atoms with E-state index in [0.29, 0.717) is 29.0 Å². The summed E-state index contributed by atoms with van der Waals surface area (Å²) in [5.41, 5.74) is 2.14. The van der Waals surface area contributed by atoms with Gasteiger partial charge in [0, 0.05) is 41.4 Å². The van der Waals surface area contributed by atoms with Gasteiger partial charge in [-0.2, -0.15) is 13.2 Å². The highest BCUT2D eigenvalue weighted by molar-refractivity contribution is 7.09. The first kappa shape index (κ1) is 34.6. The topological polar surface area (TPSA) is 108 Å². The molecule has 2 heterocycles. The number of halogens is 3. The molecule has 5 aromatic rings. The summed E-state index contributed by atoms with van der Waals surface area (Å²) < 4.78 is 45.5. The number of aryl methyl sites for hydroxylation is 1. The summed E-state index contributed by atoms with van der Waals surface area (Å²) in [7, 11) is 1.66. The SMILES string of the molecule is Cc1csc(CN(C)C(=O)c2cc(C(=O)NC(C)C(O)C(NCc3cccc(C(F)(F)F)c3)c3ccccc3)cc(-c3ccco3)c2)n1. The molecule has 0 aliphatic heterocycles. The molecule has 0 spiro atoms. The molecule has 0 aliphatic carbocycles. The standard InChI is InChI=1S/C36H35F3N4O4S/c1-22-21-48-31(41-22)20-43(3)35(46)28-17-26(30-13-8-14-47-30)16-27(18-28)34(45)42-23(2)33(44)32(25-10-5-4-6-11-25)40-19-24-9-7-12-29(15-24)36(37,38)39/h4-18,21,23,32-33,40,44H,19-20H2,1-3H3,(H,42,45). The summed E-state index contributed by atoms with van der Waals surface area (Å²) in [6, 6.07) is 20.6. The molecule has 2 amide bonds. The summed E-state index contributed by atoms with van der Waals surface area (Å²) in [5.74, 6) is -0.388. The van der Waals surface area contributed by atoms with Crippen molar-refractivity contribution in [1.82, 2.24) is 20.5 Å². The number of nitrogens with one attached hydrogen (secondary N) is 2. The van der Waals surface area contributed by atoms with Gasteiger partial charge in [0.1, 0.15) is 10.8 Å². The van der Waals surface area contributed by atoms with Crippen LogP contribution in [0.4, 0.5) is 13.2 Å². The Bertz CT molecular complexity index is 1840. The Labute approximate surface area is 280 Å². The van der Waals surface area contributed by atoms with Crippen molar-refractivity contribution < 1.29 is 32.3 Å². The van der Waals surface area contributed by atoms with Gasteiger partial charge in [-0.3, -0.25) is 9.59 Å². The number of nitrogens with zero attached hydrogens (tertiary/aromatic N) is 2. The average Bonchev–Trinajstić information content (AvgIpc) is 3.76. The van der Waals surface area contributed by atoms with Crippen molar-refractivity contribution in [2.75, 3.05) is 7.05 Å². The summed E-state index contributed by atoms with van der Waals surface area (Å²) in [4.78, 5) is 33.2. The number of benzene rings is 3. The van der Waals surface area contributed by atoms with Gasteiger partial charge in [0.15, 0.2) is 0 Å². The molecular formula is C36H35F3N4O4S. The van der Waals surface area contributed by atoms with E-state index in [9.17, 15) is 27.9 Å². The minimum absolute atomic E-state index is 0.0337. The summed E-state index contributed by atoms with van der Waals surface area (Å²) in [6.45, 7) is 3.84. The maximum absolute atomic E-state index is 13.7. The molecule has 8 nitrogen and oxygen atoms in total. The van der Waals surface area contributed by atoms with E-state index in [0.717, 1.165) is 22.8 Å². The van der Waals surface area contributed by atoms with Gasteiger partial charge in [-0.05, 0) is 61.4 Å². The van der Waals surface area contributed by atoms with Crippen molar-refractivity contribution in [3.8, 4) is 11.3 Å². The molecule has 3 atom stereocenters. The zero-order chi connectivity index (χ0) is 34.4. The summed E-state index contributed by atoms with van der Waals surface area (Å²) in [6.07, 6.45) is -4.18. The molecule has 5 rings (SSSR count). The molecule has 0 fully saturated rings. The van der Waals surface area contributed by atoms with Gasteiger partial charge in [0.05, 0.1) is 36.6 Å². The highest BCUT2D eigenvalue weighted by Crippen LogP contribution is 2.30. The Morgan fingerprint density at radius 1 is 1.00 bits per heavy atom. The average molecular weight is 677 g/mol. The van der Waals surface area contributed by atoms with E-state index in [1.807, 2.05) is 18.4 Å². The fourth-order valence-electron chi connectivity index (χ4n) is 5.28. The van der Waals surface area contributed by atoms with Crippen LogP contribution >= 0.6 is 11.3 Å². The van der Waals surface area contributed by atoms with Crippen LogP contribution in [0.5, 0.6) is 0 Å². The first-order chi connectivity index (χ1) is 22.9. The van der Waals surface area contributed by atoms with E-state index >= 15 is 0 Å². The predicted molar refractivity (Wildman–Crippen MR) is 177 cm³/mol. The monoisotopic (exact) mass is 676 g/mol. The lowest BCUT2D eigenvalue weighted by atomic mass is 9.95. The molecule has 0 radical (unpaired) electrons. The lowest BCUT2D eigenvalue weighted by Crippen LogP contribution is -2.47. The molecule has 0 saturated heterocycles. The molecule has 0 bridgehead atoms. The normalized spacial score (nSPS) is 13.5. The van der Waals surface area contributed by atoms with E-state index in [-0.39, 0.29) is 23.6 Å². The molecule has 2 aromatic heterocycles. The number of carbonyl (C=O) groups excluding carboxylic acids is 2. The van der Waals surface area contributed by atoms with Gasteiger partial charge in [-0.1, -0.05) is 48.5 Å². The number of hydrogen-bond donors (Lipinski definition) is 3. The van der Waals surface area contributed by atoms with Crippen LogP contribution in [-0.4, -0.2) is 46.0 Å². The Morgan fingerprint density at radius 2 is 1.75 bits per heavy atom. The highest BCUT2D eigenvalue weighted by Gasteiger charge is 2.31. The van der Waals surface area contributed by atoms with Crippen LogP contribution < -0.4 is 10.6 Å². The van der Waals surface area contributed by atoms with Crippen LogP contribution in [-0.2, 0) is 19.3 Å². The Balaban J connectivity index is 1.36. The van der Waals surface area contributed by atoms with Crippen LogP contribution in [0.2, 0.25) is 0 Å². The van der Waals surface area contributed by atoms with Crippen LogP contribution in [0.3, 0.4) is 0 Å². The van der Waals surface area contributed by atoms with Gasteiger partial charge in [0.2, 0.25) is 0 Å². The molecule has 3 N–H and O–H groups in total. The van der Waals surface area contributed by atoms with Crippen LogP contribution in [0.15, 0.2) is 101 Å². The molecule has 250 valence electrons. The number of aliphatic hydroxyl groups is 1. The quantitative estimate of drug-likeness (QED) is 0.131. The third-order valence-corrected chi connectivity index (χ3v) is 8.74. The molecule has 12 heteroatoms. The smallest absolute Gasteiger partial charge is 0.416 e. The fourth-order valence-corrected chi connectivity index (χ4v) is 6.11. The van der Waals surface area contributed by atoms with E-state index < -0.39 is 35.8 Å². The Morgan fingerprint density at radius 3 is 2.42 bits per heavy atom. The third-order valence-electron chi connectivity index (χ3n) is 7.79. The molecule has 0 aliphatic rings. The fraction of sp³-hybridized carbons (Fsp3) is 0.250. The maximum atomic E-state index is 13.7. The second-order valence-electron chi connectivity index (χ2n) is 11.5. The minimum atomic E-state index is -4.48. The van der Waals surface area contributed by atoms with Crippen molar-refractivity contribution in [3.05, 3.63) is 135 Å². The van der Waals surface area contributed by atoms with Crippen molar-refractivity contribution in [1.29, 1.82) is 0 Å². The number of aromatic nitrogens is 1. The molecule has 3 unspecified atom stereocenters. The van der Waals surface area contributed by atoms with E-state index in [1.54, 1.807) is 68.6 Å². The first-order valence-electron chi connectivity index (χ1n) is 15.2. The third kappa shape index (κ3) is 8.57. The van der Waals surface area contributed by atoms with Gasteiger partial charge >= 0.3 is 6.18 Å². The minimum Gasteiger partial charge on any atom is -0.464 e. The van der Waals surface area contributed by atoms with Gasteiger partial charge < -0.3 is 25.1 Å². The number of carbonyl (C=O) groups is 2. The molecular weight excluding hydrogens is 641 g/mol. The van der Waals surface area contributed by atoms with Gasteiger partial charge in [0.25, 0.3) is 11.8 Å². The number of alkyl halides is 3. The predicted octanol–water partition coefficient (Wildman–Crippen LogP) is 7.01. The summed E-state index contributed by atoms with van der Waals surface area (Å²) >= 11 is 1.46. The number of amides is 2. The Hall–Kier alpha value is -4.78. The van der Waals surface area contributed by atoms with Crippen molar-refractivity contribution >= 4 is 23.2 Å². The molecule has 48 heavy (non-hydrogen) atoms. The zero-order valence-electron chi connectivity index (χ0n) is 26.5. The van der Waals surface area contributed by atoms with Crippen molar-refractivity contribution in [2.24, 2.45) is 0 Å². The van der Waals surface area contributed by atoms with Crippen molar-refractivity contribution in [2.45, 2.75) is 51.3 Å². The molecule has 3 aromatic carbocycles. The van der Waals surface area contributed by atoms with Crippen LogP contribution in [0.25, 0.3) is 11.3 Å². The first-order valence-corrected chi connectivity index (χ1v) is 16.1. The molecule has 0 saturated carbocycles. The number of hydrogen-bond acceptors (Lipinski definition) is 7. The van der Waals surface area contributed by atoms with Crippen molar-refractivity contribution in [3.63, 3.8) is 0 Å². The lowest BCUT2D eigenvalue weighted by Gasteiger charge is -2.30. The maximum Gasteiger partial charge on any atom is 0.416 e.